The number of hydrogen-bond donors (Lipinski definition) is 2. The summed E-state index contributed by atoms with van der Waals surface area (Å²) in [6.45, 7) is 7.45. The van der Waals surface area contributed by atoms with Crippen molar-refractivity contribution in [2.24, 2.45) is 11.7 Å². The molecule has 1 fully saturated rings. The van der Waals surface area contributed by atoms with Gasteiger partial charge in [0.1, 0.15) is 0 Å². The van der Waals surface area contributed by atoms with E-state index in [1.807, 2.05) is 0 Å². The molecule has 0 saturated heterocycles. The molecule has 0 aromatic rings. The second-order valence-electron chi connectivity index (χ2n) is 6.14. The lowest BCUT2D eigenvalue weighted by Gasteiger charge is -2.47. The summed E-state index contributed by atoms with van der Waals surface area (Å²) in [4.78, 5) is 14.3. The summed E-state index contributed by atoms with van der Waals surface area (Å²) in [6, 6.07) is 0. The van der Waals surface area contributed by atoms with E-state index in [-0.39, 0.29) is 11.4 Å². The molecule has 3 N–H and O–H groups in total. The lowest BCUT2D eigenvalue weighted by Crippen LogP contribution is -2.58. The number of likely N-dealkylation sites (N-methyl/N-ethyl adjacent to an activating group) is 1. The van der Waals surface area contributed by atoms with Crippen molar-refractivity contribution in [3.05, 3.63) is 0 Å². The van der Waals surface area contributed by atoms with Gasteiger partial charge in [0.15, 0.2) is 0 Å². The van der Waals surface area contributed by atoms with Crippen LogP contribution in [0.5, 0.6) is 0 Å². The van der Waals surface area contributed by atoms with Gasteiger partial charge in [-0.2, -0.15) is 0 Å². The van der Waals surface area contributed by atoms with Gasteiger partial charge < -0.3 is 15.8 Å². The molecule has 0 radical (unpaired) electrons. The van der Waals surface area contributed by atoms with Crippen LogP contribution in [0, 0.1) is 5.92 Å². The van der Waals surface area contributed by atoms with Crippen molar-refractivity contribution < 1.29 is 9.53 Å². The zero-order valence-electron chi connectivity index (χ0n) is 14.0. The van der Waals surface area contributed by atoms with E-state index >= 15 is 0 Å². The van der Waals surface area contributed by atoms with E-state index in [2.05, 4.69) is 24.1 Å². The van der Waals surface area contributed by atoms with Crippen LogP contribution in [0.15, 0.2) is 0 Å². The van der Waals surface area contributed by atoms with Crippen molar-refractivity contribution in [1.29, 1.82) is 0 Å². The number of nitrogens with one attached hydrogen (secondary N) is 1. The van der Waals surface area contributed by atoms with E-state index in [0.29, 0.717) is 26.2 Å². The summed E-state index contributed by atoms with van der Waals surface area (Å²) in [5.41, 5.74) is 6.12. The highest BCUT2D eigenvalue weighted by Gasteiger charge is 2.38. The monoisotopic (exact) mass is 299 g/mol. The van der Waals surface area contributed by atoms with Gasteiger partial charge in [-0.1, -0.05) is 20.3 Å². The molecule has 5 heteroatoms. The first-order valence-corrected chi connectivity index (χ1v) is 8.32. The number of methoxy groups -OCH3 is 1. The van der Waals surface area contributed by atoms with Gasteiger partial charge in [-0.05, 0) is 38.1 Å². The number of nitrogens with zero attached hydrogens (tertiary/aromatic N) is 1. The van der Waals surface area contributed by atoms with E-state index in [0.717, 1.165) is 25.3 Å². The van der Waals surface area contributed by atoms with Crippen LogP contribution in [0.1, 0.15) is 46.0 Å². The second kappa shape index (κ2) is 9.38. The number of nitrogens with two attached hydrogens (primary N) is 1. The standard InChI is InChI=1S/C16H33N3O2/c1-4-14-6-8-16(13-17,9-7-14)19(5-2)12-15(20)18-10-11-21-3/h14H,4-13,17H2,1-3H3,(H,18,20). The summed E-state index contributed by atoms with van der Waals surface area (Å²) in [7, 11) is 1.64. The Balaban J connectivity index is 2.57. The number of ether oxygens (including phenoxy) is 1. The Morgan fingerprint density at radius 3 is 2.52 bits per heavy atom. The number of carbonyl (C=O) groups is 1. The Morgan fingerprint density at radius 1 is 1.38 bits per heavy atom. The maximum atomic E-state index is 12.1. The Kier molecular flexibility index (Phi) is 8.22. The number of hydrogen-bond acceptors (Lipinski definition) is 4. The van der Waals surface area contributed by atoms with E-state index in [9.17, 15) is 4.79 Å². The van der Waals surface area contributed by atoms with Gasteiger partial charge in [0.2, 0.25) is 5.91 Å². The van der Waals surface area contributed by atoms with Crippen molar-refractivity contribution in [3.8, 4) is 0 Å². The maximum absolute atomic E-state index is 12.1. The van der Waals surface area contributed by atoms with Crippen molar-refractivity contribution in [2.45, 2.75) is 51.5 Å². The average molecular weight is 299 g/mol. The lowest BCUT2D eigenvalue weighted by atomic mass is 9.74. The van der Waals surface area contributed by atoms with Gasteiger partial charge in [0, 0.05) is 25.7 Å². The van der Waals surface area contributed by atoms with E-state index in [4.69, 9.17) is 10.5 Å². The van der Waals surface area contributed by atoms with Gasteiger partial charge >= 0.3 is 0 Å². The van der Waals surface area contributed by atoms with E-state index in [1.165, 1.54) is 19.3 Å². The average Bonchev–Trinajstić information content (AvgIpc) is 2.53. The summed E-state index contributed by atoms with van der Waals surface area (Å²) in [6.07, 6.45) is 5.94. The fourth-order valence-corrected chi connectivity index (χ4v) is 3.41. The molecule has 0 aliphatic heterocycles. The van der Waals surface area contributed by atoms with Crippen molar-refractivity contribution in [3.63, 3.8) is 0 Å². The molecule has 5 nitrogen and oxygen atoms in total. The molecule has 0 spiro atoms. The van der Waals surface area contributed by atoms with Crippen LogP contribution < -0.4 is 11.1 Å². The van der Waals surface area contributed by atoms with Crippen LogP contribution in [0.3, 0.4) is 0 Å². The molecule has 1 amide bonds. The van der Waals surface area contributed by atoms with Crippen molar-refractivity contribution >= 4 is 5.91 Å². The highest BCUT2D eigenvalue weighted by atomic mass is 16.5. The van der Waals surface area contributed by atoms with Gasteiger partial charge in [-0.3, -0.25) is 9.69 Å². The zero-order chi connectivity index (χ0) is 15.7. The van der Waals surface area contributed by atoms with E-state index < -0.39 is 0 Å². The molecule has 1 saturated carbocycles. The van der Waals surface area contributed by atoms with Crippen LogP contribution in [-0.2, 0) is 9.53 Å². The van der Waals surface area contributed by atoms with Crippen LogP contribution in [-0.4, -0.2) is 56.2 Å². The van der Waals surface area contributed by atoms with Gasteiger partial charge in [-0.15, -0.1) is 0 Å². The van der Waals surface area contributed by atoms with Crippen molar-refractivity contribution in [2.75, 3.05) is 39.9 Å². The van der Waals surface area contributed by atoms with Crippen LogP contribution in [0.25, 0.3) is 0 Å². The summed E-state index contributed by atoms with van der Waals surface area (Å²) >= 11 is 0. The minimum atomic E-state index is 0.0129. The Hall–Kier alpha value is -0.650. The molecule has 0 unspecified atom stereocenters. The third kappa shape index (κ3) is 5.24. The van der Waals surface area contributed by atoms with Gasteiger partial charge in [-0.25, -0.2) is 0 Å². The van der Waals surface area contributed by atoms with Crippen molar-refractivity contribution in [1.82, 2.24) is 10.2 Å². The van der Waals surface area contributed by atoms with Crippen LogP contribution in [0.4, 0.5) is 0 Å². The normalized spacial score (nSPS) is 26.0. The fraction of sp³-hybridized carbons (Fsp3) is 0.938. The summed E-state index contributed by atoms with van der Waals surface area (Å²) < 4.78 is 4.96. The maximum Gasteiger partial charge on any atom is 0.234 e. The van der Waals surface area contributed by atoms with Crippen LogP contribution in [0.2, 0.25) is 0 Å². The molecule has 0 atom stereocenters. The highest BCUT2D eigenvalue weighted by Crippen LogP contribution is 2.37. The first-order chi connectivity index (χ1) is 10.1. The minimum Gasteiger partial charge on any atom is -0.383 e. The summed E-state index contributed by atoms with van der Waals surface area (Å²) in [5, 5.41) is 2.90. The first-order valence-electron chi connectivity index (χ1n) is 8.32. The first kappa shape index (κ1) is 18.4. The highest BCUT2D eigenvalue weighted by molar-refractivity contribution is 5.78. The SMILES string of the molecule is CCC1CCC(CN)(N(CC)CC(=O)NCCOC)CC1. The van der Waals surface area contributed by atoms with Gasteiger partial charge in [0.25, 0.3) is 0 Å². The molecule has 124 valence electrons. The minimum absolute atomic E-state index is 0.0129. The molecule has 21 heavy (non-hydrogen) atoms. The lowest BCUT2D eigenvalue weighted by molar-refractivity contribution is -0.124. The predicted octanol–water partition coefficient (Wildman–Crippen LogP) is 1.37. The molecule has 1 aliphatic carbocycles. The van der Waals surface area contributed by atoms with Gasteiger partial charge in [0.05, 0.1) is 13.2 Å². The molecule has 1 aliphatic rings. The number of amides is 1. The van der Waals surface area contributed by atoms with E-state index in [1.54, 1.807) is 7.11 Å². The Labute approximate surface area is 129 Å². The molecule has 0 bridgehead atoms. The smallest absolute Gasteiger partial charge is 0.234 e. The zero-order valence-corrected chi connectivity index (χ0v) is 14.0. The molecular formula is C16H33N3O2. The molecule has 0 heterocycles. The fourth-order valence-electron chi connectivity index (χ4n) is 3.41. The molecule has 1 rings (SSSR count). The largest absolute Gasteiger partial charge is 0.383 e. The number of carbonyl (C=O) groups excluding carboxylic acids is 1. The third-order valence-corrected chi connectivity index (χ3v) is 5.01. The molecule has 0 aromatic carbocycles. The molecular weight excluding hydrogens is 266 g/mol. The quantitative estimate of drug-likeness (QED) is 0.631. The Morgan fingerprint density at radius 2 is 2.05 bits per heavy atom. The number of rotatable bonds is 9. The topological polar surface area (TPSA) is 67.6 Å². The molecule has 0 aromatic heterocycles. The van der Waals surface area contributed by atoms with Crippen LogP contribution >= 0.6 is 0 Å². The second-order valence-corrected chi connectivity index (χ2v) is 6.14. The third-order valence-electron chi connectivity index (χ3n) is 5.01. The Bertz CT molecular complexity index is 302. The predicted molar refractivity (Wildman–Crippen MR) is 86.2 cm³/mol. The summed E-state index contributed by atoms with van der Waals surface area (Å²) in [5.74, 6) is 0.901.